The number of hydrogen-bond acceptors (Lipinski definition) is 2. The summed E-state index contributed by atoms with van der Waals surface area (Å²) in [7, 11) is 0. The lowest BCUT2D eigenvalue weighted by Gasteiger charge is -2.37. The van der Waals surface area contributed by atoms with Crippen molar-refractivity contribution in [2.75, 3.05) is 19.6 Å². The summed E-state index contributed by atoms with van der Waals surface area (Å²) in [5, 5.41) is 0. The molecule has 0 saturated carbocycles. The van der Waals surface area contributed by atoms with Crippen molar-refractivity contribution < 1.29 is 9.59 Å². The minimum absolute atomic E-state index is 0.0285. The number of nitrogens with zero attached hydrogens (tertiary/aromatic N) is 2. The first-order chi connectivity index (χ1) is 11.8. The smallest absolute Gasteiger partial charge is 0.226 e. The summed E-state index contributed by atoms with van der Waals surface area (Å²) in [5.41, 5.74) is 2.45. The zero-order valence-electron chi connectivity index (χ0n) is 16.3. The Kier molecular flexibility index (Phi) is 6.63. The van der Waals surface area contributed by atoms with E-state index in [1.54, 1.807) is 6.92 Å². The lowest BCUT2D eigenvalue weighted by molar-refractivity contribution is -0.142. The number of piperidine rings is 1. The molecule has 2 amide bonds. The third kappa shape index (κ3) is 4.83. The second-order valence-corrected chi connectivity index (χ2v) is 7.70. The quantitative estimate of drug-likeness (QED) is 0.815. The second-order valence-electron chi connectivity index (χ2n) is 7.70. The van der Waals surface area contributed by atoms with Gasteiger partial charge in [0.1, 0.15) is 0 Å². The van der Waals surface area contributed by atoms with Crippen molar-refractivity contribution in [1.82, 2.24) is 9.80 Å². The van der Waals surface area contributed by atoms with Gasteiger partial charge in [0, 0.05) is 32.5 Å². The van der Waals surface area contributed by atoms with E-state index in [-0.39, 0.29) is 23.8 Å². The Labute approximate surface area is 152 Å². The molecule has 138 valence electrons. The molecule has 0 aliphatic carbocycles. The van der Waals surface area contributed by atoms with Gasteiger partial charge in [-0.15, -0.1) is 0 Å². The highest BCUT2D eigenvalue weighted by atomic mass is 16.2. The van der Waals surface area contributed by atoms with Crippen molar-refractivity contribution >= 4 is 11.8 Å². The van der Waals surface area contributed by atoms with Gasteiger partial charge in [0.25, 0.3) is 0 Å². The molecular weight excluding hydrogens is 312 g/mol. The Morgan fingerprint density at radius 2 is 1.76 bits per heavy atom. The minimum Gasteiger partial charge on any atom is -0.343 e. The maximum Gasteiger partial charge on any atom is 0.226 e. The Bertz CT molecular complexity index is 604. The van der Waals surface area contributed by atoms with Gasteiger partial charge in [-0.25, -0.2) is 0 Å². The minimum atomic E-state index is 0.0285. The van der Waals surface area contributed by atoms with Crippen molar-refractivity contribution in [3.63, 3.8) is 0 Å². The summed E-state index contributed by atoms with van der Waals surface area (Å²) in [6.07, 6.45) is 1.54. The van der Waals surface area contributed by atoms with E-state index in [4.69, 9.17) is 0 Å². The normalized spacial score (nSPS) is 16.8. The van der Waals surface area contributed by atoms with Gasteiger partial charge in [0.05, 0.1) is 6.04 Å². The zero-order chi connectivity index (χ0) is 18.6. The number of hydrogen-bond donors (Lipinski definition) is 0. The highest BCUT2D eigenvalue weighted by Crippen LogP contribution is 2.28. The fraction of sp³-hybridized carbons (Fsp3) is 0.619. The molecule has 4 heteroatoms. The number of aryl methyl sites for hydroxylation is 1. The fourth-order valence-electron chi connectivity index (χ4n) is 3.73. The largest absolute Gasteiger partial charge is 0.343 e. The molecule has 0 unspecified atom stereocenters. The van der Waals surface area contributed by atoms with E-state index in [9.17, 15) is 9.59 Å². The van der Waals surface area contributed by atoms with Crippen LogP contribution in [0.1, 0.15) is 57.7 Å². The molecule has 0 aromatic heterocycles. The molecule has 0 bridgehead atoms. The van der Waals surface area contributed by atoms with Gasteiger partial charge < -0.3 is 9.80 Å². The third-order valence-corrected chi connectivity index (χ3v) is 5.24. The first-order valence-corrected chi connectivity index (χ1v) is 9.42. The van der Waals surface area contributed by atoms with Gasteiger partial charge >= 0.3 is 0 Å². The maximum atomic E-state index is 13.3. The van der Waals surface area contributed by atoms with E-state index in [0.717, 1.165) is 19.4 Å². The van der Waals surface area contributed by atoms with Gasteiger partial charge in [-0.3, -0.25) is 9.59 Å². The van der Waals surface area contributed by atoms with Gasteiger partial charge in [0.2, 0.25) is 11.8 Å². The molecule has 1 fully saturated rings. The molecule has 1 saturated heterocycles. The molecule has 1 aromatic carbocycles. The average Bonchev–Trinajstić information content (AvgIpc) is 2.59. The summed E-state index contributed by atoms with van der Waals surface area (Å²) in [6, 6.07) is 8.38. The van der Waals surface area contributed by atoms with Crippen LogP contribution in [0, 0.1) is 18.8 Å². The molecule has 25 heavy (non-hydrogen) atoms. The van der Waals surface area contributed by atoms with E-state index in [1.807, 2.05) is 17.0 Å². The van der Waals surface area contributed by atoms with Gasteiger partial charge in [0.15, 0.2) is 0 Å². The van der Waals surface area contributed by atoms with E-state index in [0.29, 0.717) is 19.0 Å². The van der Waals surface area contributed by atoms with Gasteiger partial charge in [-0.2, -0.15) is 0 Å². The molecule has 0 N–H and O–H groups in total. The average molecular weight is 344 g/mol. The van der Waals surface area contributed by atoms with E-state index < -0.39 is 0 Å². The highest BCUT2D eigenvalue weighted by Gasteiger charge is 2.32. The first-order valence-electron chi connectivity index (χ1n) is 9.42. The highest BCUT2D eigenvalue weighted by molar-refractivity contribution is 5.80. The van der Waals surface area contributed by atoms with Crippen LogP contribution in [0.15, 0.2) is 24.3 Å². The molecule has 1 aromatic rings. The Morgan fingerprint density at radius 3 is 2.28 bits per heavy atom. The Balaban J connectivity index is 2.15. The van der Waals surface area contributed by atoms with Crippen molar-refractivity contribution in [1.29, 1.82) is 0 Å². The van der Waals surface area contributed by atoms with E-state index >= 15 is 0 Å². The van der Waals surface area contributed by atoms with Gasteiger partial charge in [-0.05, 0) is 43.7 Å². The number of likely N-dealkylation sites (tertiary alicyclic amines) is 1. The number of benzene rings is 1. The molecule has 2 rings (SSSR count). The van der Waals surface area contributed by atoms with Gasteiger partial charge in [-0.1, -0.05) is 38.1 Å². The maximum absolute atomic E-state index is 13.3. The summed E-state index contributed by atoms with van der Waals surface area (Å²) >= 11 is 0. The molecule has 1 aliphatic heterocycles. The molecule has 1 heterocycles. The summed E-state index contributed by atoms with van der Waals surface area (Å²) < 4.78 is 0. The second kappa shape index (κ2) is 8.50. The molecule has 4 nitrogen and oxygen atoms in total. The molecule has 1 atom stereocenters. The molecule has 0 radical (unpaired) electrons. The number of rotatable bonds is 5. The van der Waals surface area contributed by atoms with Crippen LogP contribution < -0.4 is 0 Å². The van der Waals surface area contributed by atoms with Crippen molar-refractivity contribution in [3.8, 4) is 0 Å². The fourth-order valence-corrected chi connectivity index (χ4v) is 3.73. The van der Waals surface area contributed by atoms with Crippen LogP contribution in [0.3, 0.4) is 0 Å². The third-order valence-electron chi connectivity index (χ3n) is 5.24. The van der Waals surface area contributed by atoms with Crippen LogP contribution in [0.5, 0.6) is 0 Å². The van der Waals surface area contributed by atoms with Crippen molar-refractivity contribution in [2.45, 2.75) is 53.5 Å². The van der Waals surface area contributed by atoms with Crippen LogP contribution in [-0.4, -0.2) is 41.2 Å². The predicted octanol–water partition coefficient (Wildman–Crippen LogP) is 3.80. The molecule has 1 aliphatic rings. The molecular formula is C21H32N2O2. The first kappa shape index (κ1) is 19.5. The summed E-state index contributed by atoms with van der Waals surface area (Å²) in [5.74, 6) is 0.805. The SMILES string of the molecule is CC(=O)N1CCC(C(=O)N(CC(C)C)[C@@H](C)c2ccccc2C)CC1. The Hall–Kier alpha value is -1.84. The van der Waals surface area contributed by atoms with Crippen LogP contribution in [0.2, 0.25) is 0 Å². The predicted molar refractivity (Wildman–Crippen MR) is 101 cm³/mol. The van der Waals surface area contributed by atoms with E-state index in [1.165, 1.54) is 11.1 Å². The standard InChI is InChI=1S/C21H32N2O2/c1-15(2)14-23(17(4)20-9-7-6-8-16(20)3)21(25)19-10-12-22(13-11-19)18(5)24/h6-9,15,17,19H,10-14H2,1-5H3/t17-/m0/s1. The van der Waals surface area contributed by atoms with Crippen molar-refractivity contribution in [3.05, 3.63) is 35.4 Å². The van der Waals surface area contributed by atoms with E-state index in [2.05, 4.69) is 44.7 Å². The van der Waals surface area contributed by atoms with Crippen molar-refractivity contribution in [2.24, 2.45) is 11.8 Å². The number of carbonyl (C=O) groups excluding carboxylic acids is 2. The monoisotopic (exact) mass is 344 g/mol. The van der Waals surface area contributed by atoms with Crippen LogP contribution in [0.4, 0.5) is 0 Å². The lowest BCUT2D eigenvalue weighted by atomic mass is 9.92. The lowest BCUT2D eigenvalue weighted by Crippen LogP contribution is -2.45. The van der Waals surface area contributed by atoms with Crippen LogP contribution >= 0.6 is 0 Å². The topological polar surface area (TPSA) is 40.6 Å². The summed E-state index contributed by atoms with van der Waals surface area (Å²) in [6.45, 7) is 12.3. The summed E-state index contributed by atoms with van der Waals surface area (Å²) in [4.78, 5) is 28.7. The number of amides is 2. The van der Waals surface area contributed by atoms with Crippen LogP contribution in [-0.2, 0) is 9.59 Å². The molecule has 0 spiro atoms. The Morgan fingerprint density at radius 1 is 1.16 bits per heavy atom. The van der Waals surface area contributed by atoms with Crippen LogP contribution in [0.25, 0.3) is 0 Å². The zero-order valence-corrected chi connectivity index (χ0v) is 16.3. The number of carbonyl (C=O) groups is 2.